The Balaban J connectivity index is 1.91. The van der Waals surface area contributed by atoms with E-state index in [1.54, 1.807) is 17.4 Å². The normalized spacial score (nSPS) is 12.0. The van der Waals surface area contributed by atoms with E-state index < -0.39 is 0 Å². The number of hydrogen-bond acceptors (Lipinski definition) is 4. The molecule has 104 valence electrons. The second-order valence-electron chi connectivity index (χ2n) is 4.69. The molecule has 3 aromatic rings. The Morgan fingerprint density at radius 2 is 2.10 bits per heavy atom. The van der Waals surface area contributed by atoms with Crippen LogP contribution in [0.25, 0.3) is 10.2 Å². The Bertz CT molecular complexity index is 802. The third-order valence-electron chi connectivity index (χ3n) is 3.15. The summed E-state index contributed by atoms with van der Waals surface area (Å²) in [5, 5.41) is 13.6. The third kappa shape index (κ3) is 2.92. The Kier molecular flexibility index (Phi) is 3.91. The average Bonchev–Trinajstić information content (AvgIpc) is 2.91. The molecule has 0 amide bonds. The first kappa shape index (κ1) is 14.1. The molecule has 3 rings (SSSR count). The van der Waals surface area contributed by atoms with E-state index in [1.807, 2.05) is 30.3 Å². The summed E-state index contributed by atoms with van der Waals surface area (Å²) in [4.78, 5) is 4.65. The maximum absolute atomic E-state index is 9.19. The van der Waals surface area contributed by atoms with Gasteiger partial charge in [-0.3, -0.25) is 0 Å². The highest BCUT2D eigenvalue weighted by atomic mass is 79.9. The molecular formula is C16H12BrN3S. The van der Waals surface area contributed by atoms with Gasteiger partial charge in [0.05, 0.1) is 27.5 Å². The number of anilines is 1. The summed E-state index contributed by atoms with van der Waals surface area (Å²) in [6, 6.07) is 15.9. The van der Waals surface area contributed by atoms with Crippen LogP contribution in [-0.2, 0) is 0 Å². The van der Waals surface area contributed by atoms with Gasteiger partial charge in [-0.1, -0.05) is 28.1 Å². The Hall–Kier alpha value is -1.90. The molecule has 1 aromatic heterocycles. The van der Waals surface area contributed by atoms with Crippen LogP contribution < -0.4 is 5.32 Å². The molecule has 5 heteroatoms. The lowest BCUT2D eigenvalue weighted by Crippen LogP contribution is -2.07. The number of nitriles is 1. The van der Waals surface area contributed by atoms with Gasteiger partial charge in [0.1, 0.15) is 11.1 Å². The summed E-state index contributed by atoms with van der Waals surface area (Å²) >= 11 is 5.11. The number of aromatic nitrogens is 1. The molecule has 0 aliphatic rings. The Morgan fingerprint density at radius 3 is 2.86 bits per heavy atom. The molecule has 0 radical (unpaired) electrons. The van der Waals surface area contributed by atoms with E-state index in [9.17, 15) is 5.26 Å². The predicted octanol–water partition coefficient (Wildman–Crippen LogP) is 5.10. The van der Waals surface area contributed by atoms with Crippen LogP contribution in [0.5, 0.6) is 0 Å². The van der Waals surface area contributed by atoms with E-state index >= 15 is 0 Å². The number of halogens is 1. The van der Waals surface area contributed by atoms with Gasteiger partial charge < -0.3 is 5.32 Å². The van der Waals surface area contributed by atoms with Gasteiger partial charge in [-0.05, 0) is 37.3 Å². The van der Waals surface area contributed by atoms with Crippen molar-refractivity contribution >= 4 is 43.2 Å². The fourth-order valence-electron chi connectivity index (χ4n) is 2.10. The first-order valence-corrected chi connectivity index (χ1v) is 8.10. The van der Waals surface area contributed by atoms with Gasteiger partial charge in [0.25, 0.3) is 0 Å². The van der Waals surface area contributed by atoms with Gasteiger partial charge in [0.2, 0.25) is 0 Å². The average molecular weight is 358 g/mol. The molecule has 1 heterocycles. The van der Waals surface area contributed by atoms with E-state index in [4.69, 9.17) is 0 Å². The molecule has 2 aromatic carbocycles. The fourth-order valence-corrected chi connectivity index (χ4v) is 3.43. The van der Waals surface area contributed by atoms with Crippen molar-refractivity contribution in [3.63, 3.8) is 0 Å². The molecule has 1 atom stereocenters. The van der Waals surface area contributed by atoms with Crippen molar-refractivity contribution in [2.45, 2.75) is 13.0 Å². The van der Waals surface area contributed by atoms with Crippen molar-refractivity contribution < 1.29 is 0 Å². The SMILES string of the molecule is CC(Nc1cc(Br)ccc1C#N)c1nc2ccccc2s1. The van der Waals surface area contributed by atoms with E-state index in [0.29, 0.717) is 5.56 Å². The van der Waals surface area contributed by atoms with Gasteiger partial charge >= 0.3 is 0 Å². The van der Waals surface area contributed by atoms with Crippen molar-refractivity contribution in [2.24, 2.45) is 0 Å². The van der Waals surface area contributed by atoms with Gasteiger partial charge in [0.15, 0.2) is 0 Å². The first-order chi connectivity index (χ1) is 10.2. The van der Waals surface area contributed by atoms with Crippen LogP contribution in [0.15, 0.2) is 46.9 Å². The second kappa shape index (κ2) is 5.84. The Morgan fingerprint density at radius 1 is 1.29 bits per heavy atom. The van der Waals surface area contributed by atoms with E-state index in [-0.39, 0.29) is 6.04 Å². The standard InChI is InChI=1S/C16H12BrN3S/c1-10(16-20-13-4-2-3-5-15(13)21-16)19-14-8-12(17)7-6-11(14)9-18/h2-8,10,19H,1H3. The van der Waals surface area contributed by atoms with Crippen LogP contribution in [0.3, 0.4) is 0 Å². The molecule has 0 fully saturated rings. The van der Waals surface area contributed by atoms with Crippen molar-refractivity contribution in [2.75, 3.05) is 5.32 Å². The molecule has 1 N–H and O–H groups in total. The lowest BCUT2D eigenvalue weighted by molar-refractivity contribution is 0.873. The molecule has 0 saturated carbocycles. The smallest absolute Gasteiger partial charge is 0.116 e. The topological polar surface area (TPSA) is 48.7 Å². The number of nitrogens with zero attached hydrogens (tertiary/aromatic N) is 2. The molecular weight excluding hydrogens is 346 g/mol. The highest BCUT2D eigenvalue weighted by molar-refractivity contribution is 9.10. The molecule has 0 saturated heterocycles. The van der Waals surface area contributed by atoms with Crippen LogP contribution in [0.2, 0.25) is 0 Å². The number of rotatable bonds is 3. The zero-order chi connectivity index (χ0) is 14.8. The van der Waals surface area contributed by atoms with Crippen molar-refractivity contribution in [3.8, 4) is 6.07 Å². The monoisotopic (exact) mass is 357 g/mol. The van der Waals surface area contributed by atoms with Crippen molar-refractivity contribution in [3.05, 3.63) is 57.5 Å². The molecule has 21 heavy (non-hydrogen) atoms. The fraction of sp³-hybridized carbons (Fsp3) is 0.125. The highest BCUT2D eigenvalue weighted by Crippen LogP contribution is 2.30. The number of para-hydroxylation sites is 1. The first-order valence-electron chi connectivity index (χ1n) is 6.49. The van der Waals surface area contributed by atoms with Gasteiger partial charge in [-0.15, -0.1) is 11.3 Å². The summed E-state index contributed by atoms with van der Waals surface area (Å²) < 4.78 is 2.12. The minimum atomic E-state index is 0.0452. The van der Waals surface area contributed by atoms with Crippen molar-refractivity contribution in [1.82, 2.24) is 4.98 Å². The van der Waals surface area contributed by atoms with Gasteiger partial charge in [0, 0.05) is 4.47 Å². The minimum absolute atomic E-state index is 0.0452. The number of hydrogen-bond donors (Lipinski definition) is 1. The summed E-state index contributed by atoms with van der Waals surface area (Å²) in [7, 11) is 0. The quantitative estimate of drug-likeness (QED) is 0.708. The maximum atomic E-state index is 9.19. The Labute approximate surface area is 135 Å². The molecule has 3 nitrogen and oxygen atoms in total. The summed E-state index contributed by atoms with van der Waals surface area (Å²) in [6.45, 7) is 2.06. The second-order valence-corrected chi connectivity index (χ2v) is 6.67. The largest absolute Gasteiger partial charge is 0.375 e. The number of nitrogens with one attached hydrogen (secondary N) is 1. The van der Waals surface area contributed by atoms with E-state index in [2.05, 4.69) is 45.3 Å². The number of fused-ring (bicyclic) bond motifs is 1. The summed E-state index contributed by atoms with van der Waals surface area (Å²) in [5.41, 5.74) is 2.46. The molecule has 0 bridgehead atoms. The molecule has 0 spiro atoms. The van der Waals surface area contributed by atoms with Crippen LogP contribution in [0.1, 0.15) is 23.5 Å². The molecule has 0 aliphatic heterocycles. The van der Waals surface area contributed by atoms with Crippen molar-refractivity contribution in [1.29, 1.82) is 5.26 Å². The third-order valence-corrected chi connectivity index (χ3v) is 4.87. The highest BCUT2D eigenvalue weighted by Gasteiger charge is 2.13. The lowest BCUT2D eigenvalue weighted by Gasteiger charge is -2.14. The van der Waals surface area contributed by atoms with Gasteiger partial charge in [-0.25, -0.2) is 4.98 Å². The van der Waals surface area contributed by atoms with Crippen LogP contribution >= 0.6 is 27.3 Å². The summed E-state index contributed by atoms with van der Waals surface area (Å²) in [5.74, 6) is 0. The predicted molar refractivity (Wildman–Crippen MR) is 90.5 cm³/mol. The summed E-state index contributed by atoms with van der Waals surface area (Å²) in [6.07, 6.45) is 0. The van der Waals surface area contributed by atoms with E-state index in [0.717, 1.165) is 20.7 Å². The number of thiazole rings is 1. The zero-order valence-electron chi connectivity index (χ0n) is 11.3. The number of benzene rings is 2. The zero-order valence-corrected chi connectivity index (χ0v) is 13.7. The van der Waals surface area contributed by atoms with E-state index in [1.165, 1.54) is 4.70 Å². The van der Waals surface area contributed by atoms with Crippen LogP contribution in [-0.4, -0.2) is 4.98 Å². The maximum Gasteiger partial charge on any atom is 0.116 e. The van der Waals surface area contributed by atoms with Crippen LogP contribution in [0, 0.1) is 11.3 Å². The van der Waals surface area contributed by atoms with Crippen LogP contribution in [0.4, 0.5) is 5.69 Å². The molecule has 0 aliphatic carbocycles. The lowest BCUT2D eigenvalue weighted by atomic mass is 10.2. The minimum Gasteiger partial charge on any atom is -0.375 e. The molecule has 1 unspecified atom stereocenters. The van der Waals surface area contributed by atoms with Gasteiger partial charge in [-0.2, -0.15) is 5.26 Å².